The lowest BCUT2D eigenvalue weighted by Crippen LogP contribution is -2.60. The van der Waals surface area contributed by atoms with Crippen LogP contribution in [0.5, 0.6) is 0 Å². The number of likely N-dealkylation sites (tertiary alicyclic amines) is 1. The van der Waals surface area contributed by atoms with E-state index >= 15 is 0 Å². The lowest BCUT2D eigenvalue weighted by atomic mass is 9.79. The van der Waals surface area contributed by atoms with Gasteiger partial charge in [0.2, 0.25) is 0 Å². The van der Waals surface area contributed by atoms with Crippen LogP contribution in [0.3, 0.4) is 0 Å². The number of amides is 1. The molecule has 24 heavy (non-hydrogen) atoms. The first kappa shape index (κ1) is 15.5. The maximum absolute atomic E-state index is 13.0. The number of rotatable bonds is 1. The molecule has 0 unspecified atom stereocenters. The van der Waals surface area contributed by atoms with E-state index < -0.39 is 11.6 Å². The van der Waals surface area contributed by atoms with Gasteiger partial charge in [0.15, 0.2) is 5.01 Å². The number of fused-ring (bicyclic) bond motifs is 1. The third kappa shape index (κ3) is 2.46. The summed E-state index contributed by atoms with van der Waals surface area (Å²) in [6, 6.07) is 5.45. The van der Waals surface area contributed by atoms with Crippen LogP contribution in [-0.2, 0) is 4.74 Å². The van der Waals surface area contributed by atoms with Crippen molar-refractivity contribution in [1.82, 2.24) is 14.9 Å². The summed E-state index contributed by atoms with van der Waals surface area (Å²) in [7, 11) is 0. The van der Waals surface area contributed by atoms with Gasteiger partial charge in [-0.15, -0.1) is 0 Å². The summed E-state index contributed by atoms with van der Waals surface area (Å²) >= 11 is 1.28. The van der Waals surface area contributed by atoms with Crippen LogP contribution >= 0.6 is 11.3 Å². The number of pyridine rings is 1. The van der Waals surface area contributed by atoms with Gasteiger partial charge in [-0.3, -0.25) is 4.79 Å². The van der Waals surface area contributed by atoms with Crippen molar-refractivity contribution < 1.29 is 9.53 Å². The molecule has 0 N–H and O–H groups in total. The molecule has 124 valence electrons. The highest BCUT2D eigenvalue weighted by molar-refractivity contribution is 7.19. The monoisotopic (exact) mass is 342 g/mol. The Labute approximate surface area is 144 Å². The first-order valence-corrected chi connectivity index (χ1v) is 9.11. The summed E-state index contributed by atoms with van der Waals surface area (Å²) in [5.41, 5.74) is 0.218. The Morgan fingerprint density at radius 3 is 3.04 bits per heavy atom. The van der Waals surface area contributed by atoms with Crippen LogP contribution in [0.2, 0.25) is 0 Å². The maximum atomic E-state index is 13.0. The first-order chi connectivity index (χ1) is 11.7. The Hall–Kier alpha value is -2.04. The quantitative estimate of drug-likeness (QED) is 0.796. The van der Waals surface area contributed by atoms with Gasteiger partial charge in [0, 0.05) is 19.3 Å². The second kappa shape index (κ2) is 6.11. The van der Waals surface area contributed by atoms with Gasteiger partial charge >= 0.3 is 0 Å². The van der Waals surface area contributed by atoms with Crippen LogP contribution in [0.1, 0.15) is 41.9 Å². The molecule has 0 aromatic carbocycles. The fourth-order valence-corrected chi connectivity index (χ4v) is 4.64. The van der Waals surface area contributed by atoms with Crippen LogP contribution in [-0.4, -0.2) is 45.6 Å². The van der Waals surface area contributed by atoms with Gasteiger partial charge in [0.25, 0.3) is 5.91 Å². The molecule has 4 heterocycles. The number of hydrogen-bond acceptors (Lipinski definition) is 6. The van der Waals surface area contributed by atoms with Crippen molar-refractivity contribution in [2.45, 2.75) is 43.7 Å². The summed E-state index contributed by atoms with van der Waals surface area (Å²) in [5.74, 6) is -0.183. The number of aromatic nitrogens is 2. The van der Waals surface area contributed by atoms with Crippen LogP contribution in [0, 0.1) is 11.3 Å². The van der Waals surface area contributed by atoms with Crippen molar-refractivity contribution in [2.75, 3.05) is 13.2 Å². The van der Waals surface area contributed by atoms with Gasteiger partial charge in [-0.2, -0.15) is 5.26 Å². The summed E-state index contributed by atoms with van der Waals surface area (Å²) in [4.78, 5) is 24.1. The maximum Gasteiger partial charge on any atom is 0.284 e. The number of piperidine rings is 1. The molecule has 1 spiro atoms. The van der Waals surface area contributed by atoms with Gasteiger partial charge in [0.05, 0.1) is 6.07 Å². The van der Waals surface area contributed by atoms with Crippen LogP contribution in [0.15, 0.2) is 18.3 Å². The highest BCUT2D eigenvalue weighted by atomic mass is 32.1. The van der Waals surface area contributed by atoms with Crippen LogP contribution < -0.4 is 0 Å². The van der Waals surface area contributed by atoms with Crippen molar-refractivity contribution in [2.24, 2.45) is 0 Å². The van der Waals surface area contributed by atoms with Crippen molar-refractivity contribution in [3.05, 3.63) is 23.3 Å². The number of carbonyl (C=O) groups is 1. The summed E-state index contributed by atoms with van der Waals surface area (Å²) in [5, 5.41) is 10.2. The molecular formula is C17H18N4O2S. The van der Waals surface area contributed by atoms with E-state index in [1.807, 2.05) is 6.07 Å². The Balaban J connectivity index is 1.66. The van der Waals surface area contributed by atoms with Crippen LogP contribution in [0.4, 0.5) is 0 Å². The Bertz CT molecular complexity index is 768. The minimum Gasteiger partial charge on any atom is -0.372 e. The molecule has 4 rings (SSSR count). The molecule has 0 bridgehead atoms. The fourth-order valence-electron chi connectivity index (χ4n) is 3.78. The molecule has 2 aliphatic rings. The molecule has 1 amide bonds. The lowest BCUT2D eigenvalue weighted by Gasteiger charge is -2.48. The molecule has 0 radical (unpaired) electrons. The first-order valence-electron chi connectivity index (χ1n) is 8.30. The summed E-state index contributed by atoms with van der Waals surface area (Å²) < 4.78 is 6.04. The molecule has 2 aromatic heterocycles. The molecule has 0 saturated carbocycles. The minimum absolute atomic E-state index is 0.183. The summed E-state index contributed by atoms with van der Waals surface area (Å²) in [6.07, 6.45) is 6.31. The second-order valence-corrected chi connectivity index (χ2v) is 7.33. The van der Waals surface area contributed by atoms with E-state index in [0.29, 0.717) is 18.2 Å². The van der Waals surface area contributed by atoms with Gasteiger partial charge in [-0.05, 0) is 44.2 Å². The van der Waals surface area contributed by atoms with Crippen molar-refractivity contribution in [3.63, 3.8) is 0 Å². The molecule has 2 fully saturated rings. The van der Waals surface area contributed by atoms with E-state index in [1.165, 1.54) is 11.3 Å². The Kier molecular flexibility index (Phi) is 3.94. The highest BCUT2D eigenvalue weighted by Crippen LogP contribution is 2.39. The van der Waals surface area contributed by atoms with E-state index in [-0.39, 0.29) is 5.91 Å². The highest BCUT2D eigenvalue weighted by Gasteiger charge is 2.49. The Morgan fingerprint density at radius 2 is 2.29 bits per heavy atom. The SMILES string of the molecule is N#C[C@H]1N(C(=O)c2nc3cccnc3s2)CCC[C@@]12CCCCO2. The third-order valence-electron chi connectivity index (χ3n) is 4.93. The number of thiazole rings is 1. The van der Waals surface area contributed by atoms with Crippen molar-refractivity contribution in [3.8, 4) is 6.07 Å². The van der Waals surface area contributed by atoms with E-state index in [0.717, 1.165) is 42.5 Å². The topological polar surface area (TPSA) is 79.1 Å². The van der Waals surface area contributed by atoms with Gasteiger partial charge < -0.3 is 9.64 Å². The van der Waals surface area contributed by atoms with E-state index in [1.54, 1.807) is 17.2 Å². The normalized spacial score (nSPS) is 27.3. The predicted molar refractivity (Wildman–Crippen MR) is 89.6 cm³/mol. The zero-order valence-corrected chi connectivity index (χ0v) is 14.1. The van der Waals surface area contributed by atoms with Gasteiger partial charge in [-0.25, -0.2) is 9.97 Å². The average Bonchev–Trinajstić information content (AvgIpc) is 3.05. The number of hydrogen-bond donors (Lipinski definition) is 0. The van der Waals surface area contributed by atoms with E-state index in [2.05, 4.69) is 16.0 Å². The molecule has 7 heteroatoms. The molecular weight excluding hydrogens is 324 g/mol. The van der Waals surface area contributed by atoms with E-state index in [4.69, 9.17) is 4.74 Å². The largest absolute Gasteiger partial charge is 0.372 e. The molecule has 2 atom stereocenters. The van der Waals surface area contributed by atoms with E-state index in [9.17, 15) is 10.1 Å². The molecule has 0 aliphatic carbocycles. The molecule has 2 aromatic rings. The van der Waals surface area contributed by atoms with Gasteiger partial charge in [0.1, 0.15) is 22.0 Å². The number of nitriles is 1. The third-order valence-corrected chi connectivity index (χ3v) is 5.89. The minimum atomic E-state index is -0.543. The Morgan fingerprint density at radius 1 is 1.42 bits per heavy atom. The smallest absolute Gasteiger partial charge is 0.284 e. The van der Waals surface area contributed by atoms with Crippen molar-refractivity contribution in [1.29, 1.82) is 5.26 Å². The average molecular weight is 342 g/mol. The zero-order valence-electron chi connectivity index (χ0n) is 13.3. The second-order valence-electron chi connectivity index (χ2n) is 6.35. The predicted octanol–water partition coefficient (Wildman–Crippen LogP) is 2.76. The zero-order chi connectivity index (χ0) is 16.6. The van der Waals surface area contributed by atoms with Crippen LogP contribution in [0.25, 0.3) is 10.3 Å². The molecule has 2 aliphatic heterocycles. The fraction of sp³-hybridized carbons (Fsp3) is 0.529. The molecule has 2 saturated heterocycles. The lowest BCUT2D eigenvalue weighted by molar-refractivity contribution is -0.128. The number of carbonyl (C=O) groups excluding carboxylic acids is 1. The van der Waals surface area contributed by atoms with Gasteiger partial charge in [-0.1, -0.05) is 11.3 Å². The molecule has 6 nitrogen and oxygen atoms in total. The standard InChI is InChI=1S/C17H18N4O2S/c18-11-13-17(6-1-2-10-23-17)7-4-9-21(13)16(22)15-20-12-5-3-8-19-14(12)24-15/h3,5,8,13H,1-2,4,6-7,9-10H2/t13-,17+/m1/s1. The van der Waals surface area contributed by atoms with Crippen molar-refractivity contribution >= 4 is 27.6 Å². The number of nitrogens with zero attached hydrogens (tertiary/aromatic N) is 4. The summed E-state index contributed by atoms with van der Waals surface area (Å²) in [6.45, 7) is 1.25. The number of ether oxygens (including phenoxy) is 1.